The predicted molar refractivity (Wildman–Crippen MR) is 138 cm³/mol. The number of nitrogens with one attached hydrogen (secondary N) is 1. The van der Waals surface area contributed by atoms with Crippen molar-refractivity contribution in [1.29, 1.82) is 0 Å². The maximum atomic E-state index is 13.3. The van der Waals surface area contributed by atoms with Crippen LogP contribution in [0.4, 0.5) is 4.79 Å². The van der Waals surface area contributed by atoms with Crippen LogP contribution in [-0.2, 0) is 9.53 Å². The number of carbonyl (C=O) groups excluding carboxylic acids is 3. The van der Waals surface area contributed by atoms with Gasteiger partial charge in [-0.2, -0.15) is 0 Å². The lowest BCUT2D eigenvalue weighted by Gasteiger charge is -2.36. The van der Waals surface area contributed by atoms with Crippen molar-refractivity contribution in [2.75, 3.05) is 32.8 Å². The summed E-state index contributed by atoms with van der Waals surface area (Å²) in [6.45, 7) is 9.66. The van der Waals surface area contributed by atoms with Gasteiger partial charge in [-0.3, -0.25) is 9.59 Å². The second kappa shape index (κ2) is 12.7. The number of aromatic nitrogens is 2. The number of unbranched alkanes of at least 4 members (excludes halogenated alkanes) is 1. The van der Waals surface area contributed by atoms with E-state index in [0.717, 1.165) is 24.0 Å². The van der Waals surface area contributed by atoms with Gasteiger partial charge in [0.15, 0.2) is 5.82 Å². The van der Waals surface area contributed by atoms with E-state index in [1.54, 1.807) is 9.80 Å². The van der Waals surface area contributed by atoms with E-state index in [2.05, 4.69) is 15.3 Å². The maximum absolute atomic E-state index is 13.3. The van der Waals surface area contributed by atoms with Gasteiger partial charge in [0.05, 0.1) is 6.61 Å². The van der Waals surface area contributed by atoms with E-state index in [9.17, 15) is 14.4 Å². The first kappa shape index (κ1) is 27.4. The molecule has 0 radical (unpaired) electrons. The van der Waals surface area contributed by atoms with Gasteiger partial charge < -0.3 is 19.9 Å². The molecule has 0 aliphatic carbocycles. The summed E-state index contributed by atoms with van der Waals surface area (Å²) < 4.78 is 5.27. The van der Waals surface area contributed by atoms with E-state index in [4.69, 9.17) is 16.3 Å². The number of benzene rings is 1. The fraction of sp³-hybridized carbons (Fsp3) is 0.500. The van der Waals surface area contributed by atoms with Gasteiger partial charge in [0.2, 0.25) is 5.91 Å². The monoisotopic (exact) mass is 515 g/mol. The van der Waals surface area contributed by atoms with Crippen molar-refractivity contribution >= 4 is 29.5 Å². The first-order valence-corrected chi connectivity index (χ1v) is 12.7. The van der Waals surface area contributed by atoms with Crippen molar-refractivity contribution in [3.05, 3.63) is 46.7 Å². The molecule has 1 fully saturated rings. The number of carbonyl (C=O) groups is 3. The Bertz CT molecular complexity index is 1070. The average molecular weight is 516 g/mol. The van der Waals surface area contributed by atoms with Crippen molar-refractivity contribution in [3.63, 3.8) is 0 Å². The number of halogens is 1. The minimum absolute atomic E-state index is 0.0867. The van der Waals surface area contributed by atoms with Gasteiger partial charge in [-0.25, -0.2) is 14.8 Å². The van der Waals surface area contributed by atoms with Crippen LogP contribution in [-0.4, -0.2) is 76.5 Å². The number of hydrogen-bond acceptors (Lipinski definition) is 6. The topological polar surface area (TPSA) is 105 Å². The minimum Gasteiger partial charge on any atom is -0.449 e. The molecule has 1 aromatic heterocycles. The zero-order valence-electron chi connectivity index (χ0n) is 21.3. The number of aryl methyl sites for hydroxylation is 1. The zero-order chi connectivity index (χ0) is 26.2. The maximum Gasteiger partial charge on any atom is 0.409 e. The van der Waals surface area contributed by atoms with Crippen LogP contribution in [0.15, 0.2) is 30.3 Å². The molecule has 0 spiro atoms. The Kier molecular flexibility index (Phi) is 9.64. The van der Waals surface area contributed by atoms with Crippen LogP contribution in [0.1, 0.15) is 49.7 Å². The first-order chi connectivity index (χ1) is 17.2. The third-order valence-corrected chi connectivity index (χ3v) is 6.22. The summed E-state index contributed by atoms with van der Waals surface area (Å²) in [5.74, 6) is -0.525. The summed E-state index contributed by atoms with van der Waals surface area (Å²) >= 11 is 6.19. The van der Waals surface area contributed by atoms with Crippen molar-refractivity contribution in [3.8, 4) is 11.4 Å². The second-order valence-electron chi connectivity index (χ2n) is 9.24. The Labute approximate surface area is 217 Å². The van der Waals surface area contributed by atoms with Crippen LogP contribution in [0.3, 0.4) is 0 Å². The second-order valence-corrected chi connectivity index (χ2v) is 9.63. The summed E-state index contributed by atoms with van der Waals surface area (Å²) in [5.41, 5.74) is 1.91. The normalized spacial score (nSPS) is 14.5. The van der Waals surface area contributed by atoms with Crippen LogP contribution < -0.4 is 5.32 Å². The van der Waals surface area contributed by atoms with Gasteiger partial charge in [-0.1, -0.05) is 68.6 Å². The first-order valence-electron chi connectivity index (χ1n) is 12.3. The Morgan fingerprint density at radius 3 is 2.31 bits per heavy atom. The number of piperazine rings is 1. The Balaban J connectivity index is 1.65. The number of rotatable bonds is 8. The van der Waals surface area contributed by atoms with Gasteiger partial charge >= 0.3 is 6.09 Å². The van der Waals surface area contributed by atoms with E-state index in [0.29, 0.717) is 38.6 Å². The number of amides is 3. The zero-order valence-corrected chi connectivity index (χ0v) is 22.0. The average Bonchev–Trinajstić information content (AvgIpc) is 2.86. The van der Waals surface area contributed by atoms with E-state index >= 15 is 0 Å². The molecule has 1 atom stereocenters. The van der Waals surface area contributed by atoms with Crippen LogP contribution in [0, 0.1) is 12.8 Å². The van der Waals surface area contributed by atoms with Crippen LogP contribution in [0.2, 0.25) is 5.15 Å². The minimum atomic E-state index is -0.753. The molecule has 194 valence electrons. The van der Waals surface area contributed by atoms with E-state index < -0.39 is 11.9 Å². The largest absolute Gasteiger partial charge is 0.449 e. The molecule has 2 heterocycles. The van der Waals surface area contributed by atoms with Crippen molar-refractivity contribution in [2.45, 2.75) is 46.6 Å². The van der Waals surface area contributed by atoms with Gasteiger partial charge in [-0.05, 0) is 19.3 Å². The van der Waals surface area contributed by atoms with Gasteiger partial charge in [0.1, 0.15) is 16.9 Å². The lowest BCUT2D eigenvalue weighted by Crippen LogP contribution is -2.57. The summed E-state index contributed by atoms with van der Waals surface area (Å²) in [4.78, 5) is 50.5. The van der Waals surface area contributed by atoms with Crippen LogP contribution in [0.5, 0.6) is 0 Å². The molecule has 3 amide bonds. The highest BCUT2D eigenvalue weighted by Gasteiger charge is 2.32. The van der Waals surface area contributed by atoms with Gasteiger partial charge in [0.25, 0.3) is 5.91 Å². The Hall–Kier alpha value is -3.20. The molecule has 3 rings (SSSR count). The molecule has 1 aromatic carbocycles. The molecule has 9 nitrogen and oxygen atoms in total. The molecule has 36 heavy (non-hydrogen) atoms. The molecule has 0 saturated carbocycles. The number of ether oxygens (including phenoxy) is 1. The molecular formula is C26H34ClN5O4. The van der Waals surface area contributed by atoms with E-state index in [-0.39, 0.29) is 28.8 Å². The molecular weight excluding hydrogens is 482 g/mol. The summed E-state index contributed by atoms with van der Waals surface area (Å²) in [6, 6.07) is 8.22. The van der Waals surface area contributed by atoms with Crippen molar-refractivity contribution in [2.24, 2.45) is 5.92 Å². The molecule has 1 N–H and O–H groups in total. The van der Waals surface area contributed by atoms with Crippen LogP contribution in [0.25, 0.3) is 11.4 Å². The number of nitrogens with zero attached hydrogens (tertiary/aromatic N) is 4. The standard InChI is InChI=1S/C26H34ClN5O4/c1-5-6-15-36-26(35)32-13-11-31(12-14-32)25(34)22(17(2)3)30-24(33)20-16-21(27)29-23(28-20)19-9-7-18(4)8-10-19/h7-10,16-17,22H,5-6,11-15H2,1-4H3,(H,30,33). The van der Waals surface area contributed by atoms with Crippen molar-refractivity contribution < 1.29 is 19.1 Å². The summed E-state index contributed by atoms with van der Waals surface area (Å²) in [6.07, 6.45) is 1.42. The Morgan fingerprint density at radius 1 is 1.06 bits per heavy atom. The van der Waals surface area contributed by atoms with E-state index in [1.165, 1.54) is 6.07 Å². The van der Waals surface area contributed by atoms with Crippen molar-refractivity contribution in [1.82, 2.24) is 25.1 Å². The fourth-order valence-corrected chi connectivity index (χ4v) is 3.98. The summed E-state index contributed by atoms with van der Waals surface area (Å²) in [5, 5.41) is 2.97. The van der Waals surface area contributed by atoms with Crippen LogP contribution >= 0.6 is 11.6 Å². The third-order valence-electron chi connectivity index (χ3n) is 6.03. The van der Waals surface area contributed by atoms with E-state index in [1.807, 2.05) is 52.0 Å². The smallest absolute Gasteiger partial charge is 0.409 e. The molecule has 1 saturated heterocycles. The highest BCUT2D eigenvalue weighted by molar-refractivity contribution is 6.29. The molecule has 1 aliphatic heterocycles. The summed E-state index contributed by atoms with van der Waals surface area (Å²) in [7, 11) is 0. The predicted octanol–water partition coefficient (Wildman–Crippen LogP) is 3.94. The molecule has 1 unspecified atom stereocenters. The van der Waals surface area contributed by atoms with Gasteiger partial charge in [-0.15, -0.1) is 0 Å². The highest BCUT2D eigenvalue weighted by atomic mass is 35.5. The quantitative estimate of drug-likeness (QED) is 0.421. The van der Waals surface area contributed by atoms with Gasteiger partial charge in [0, 0.05) is 37.8 Å². The SMILES string of the molecule is CCCCOC(=O)N1CCN(C(=O)C(NC(=O)c2cc(Cl)nc(-c3ccc(C)cc3)n2)C(C)C)CC1. The number of hydrogen-bond donors (Lipinski definition) is 1. The highest BCUT2D eigenvalue weighted by Crippen LogP contribution is 2.19. The fourth-order valence-electron chi connectivity index (χ4n) is 3.80. The molecule has 10 heteroatoms. The lowest BCUT2D eigenvalue weighted by molar-refractivity contribution is -0.135. The molecule has 2 aromatic rings. The third kappa shape index (κ3) is 7.16. The molecule has 0 bridgehead atoms. The Morgan fingerprint density at radius 2 is 1.69 bits per heavy atom. The lowest BCUT2D eigenvalue weighted by atomic mass is 10.0. The molecule has 1 aliphatic rings.